The van der Waals surface area contributed by atoms with E-state index in [1.165, 1.54) is 6.92 Å². The van der Waals surface area contributed by atoms with Gasteiger partial charge < -0.3 is 10.1 Å². The zero-order valence-corrected chi connectivity index (χ0v) is 9.55. The van der Waals surface area contributed by atoms with Gasteiger partial charge in [0, 0.05) is 6.92 Å². The SMILES string of the molecule is CC.CCCCOC(=O)CNC(C)=O. The molecule has 0 heterocycles. The number of hydrogen-bond acceptors (Lipinski definition) is 3. The minimum absolute atomic E-state index is 0.0287. The number of amides is 1. The molecule has 0 aliphatic heterocycles. The van der Waals surface area contributed by atoms with E-state index in [4.69, 9.17) is 4.74 Å². The average Bonchev–Trinajstić information content (AvgIpc) is 2.18. The molecule has 0 unspecified atom stereocenters. The molecule has 14 heavy (non-hydrogen) atoms. The van der Waals surface area contributed by atoms with E-state index >= 15 is 0 Å². The van der Waals surface area contributed by atoms with Gasteiger partial charge in [-0.15, -0.1) is 0 Å². The van der Waals surface area contributed by atoms with Crippen molar-refractivity contribution in [2.75, 3.05) is 13.2 Å². The predicted molar refractivity (Wildman–Crippen MR) is 55.9 cm³/mol. The molecule has 4 nitrogen and oxygen atoms in total. The van der Waals surface area contributed by atoms with E-state index in [-0.39, 0.29) is 18.4 Å². The van der Waals surface area contributed by atoms with Crippen LogP contribution in [0.4, 0.5) is 0 Å². The molecule has 0 rings (SSSR count). The summed E-state index contributed by atoms with van der Waals surface area (Å²) in [4.78, 5) is 21.1. The number of carbonyl (C=O) groups excluding carboxylic acids is 2. The van der Waals surface area contributed by atoms with E-state index < -0.39 is 0 Å². The zero-order chi connectivity index (χ0) is 11.4. The highest BCUT2D eigenvalue weighted by atomic mass is 16.5. The van der Waals surface area contributed by atoms with Crippen LogP contribution in [0.2, 0.25) is 0 Å². The molecule has 1 amide bonds. The normalized spacial score (nSPS) is 8.29. The Bertz CT molecular complexity index is 157. The summed E-state index contributed by atoms with van der Waals surface area (Å²) in [6.45, 7) is 7.79. The van der Waals surface area contributed by atoms with Gasteiger partial charge in [-0.2, -0.15) is 0 Å². The van der Waals surface area contributed by atoms with Crippen molar-refractivity contribution >= 4 is 11.9 Å². The minimum Gasteiger partial charge on any atom is -0.464 e. The maximum atomic E-state index is 10.8. The van der Waals surface area contributed by atoms with Crippen LogP contribution in [0.15, 0.2) is 0 Å². The van der Waals surface area contributed by atoms with Gasteiger partial charge in [0.25, 0.3) is 0 Å². The molecule has 0 aromatic carbocycles. The van der Waals surface area contributed by atoms with E-state index in [0.717, 1.165) is 12.8 Å². The van der Waals surface area contributed by atoms with Gasteiger partial charge >= 0.3 is 5.97 Å². The summed E-state index contributed by atoms with van der Waals surface area (Å²) in [6.07, 6.45) is 1.86. The lowest BCUT2D eigenvalue weighted by Gasteiger charge is -2.03. The maximum Gasteiger partial charge on any atom is 0.325 e. The Labute approximate surface area is 86.0 Å². The van der Waals surface area contributed by atoms with Crippen LogP contribution in [-0.2, 0) is 14.3 Å². The van der Waals surface area contributed by atoms with Gasteiger partial charge in [-0.3, -0.25) is 9.59 Å². The number of hydrogen-bond donors (Lipinski definition) is 1. The van der Waals surface area contributed by atoms with Crippen molar-refractivity contribution in [3.05, 3.63) is 0 Å². The number of rotatable bonds is 5. The van der Waals surface area contributed by atoms with Gasteiger partial charge in [0.15, 0.2) is 0 Å². The summed E-state index contributed by atoms with van der Waals surface area (Å²) < 4.78 is 4.78. The van der Waals surface area contributed by atoms with E-state index in [9.17, 15) is 9.59 Å². The second kappa shape index (κ2) is 11.9. The first-order chi connectivity index (χ1) is 6.66. The lowest BCUT2D eigenvalue weighted by atomic mass is 10.4. The molecule has 0 aromatic heterocycles. The first-order valence-electron chi connectivity index (χ1n) is 5.07. The van der Waals surface area contributed by atoms with Gasteiger partial charge in [-0.25, -0.2) is 0 Å². The number of ether oxygens (including phenoxy) is 1. The molecule has 0 spiro atoms. The predicted octanol–water partition coefficient (Wildman–Crippen LogP) is 1.49. The maximum absolute atomic E-state index is 10.8. The smallest absolute Gasteiger partial charge is 0.325 e. The Morgan fingerprint density at radius 1 is 1.29 bits per heavy atom. The summed E-state index contributed by atoms with van der Waals surface area (Å²) in [7, 11) is 0. The van der Waals surface area contributed by atoms with Crippen molar-refractivity contribution in [2.24, 2.45) is 0 Å². The number of unbranched alkanes of at least 4 members (excludes halogenated alkanes) is 1. The fourth-order valence-corrected chi connectivity index (χ4v) is 0.578. The van der Waals surface area contributed by atoms with Crippen molar-refractivity contribution in [3.8, 4) is 0 Å². The summed E-state index contributed by atoms with van der Waals surface area (Å²) in [5.41, 5.74) is 0. The third-order valence-corrected chi connectivity index (χ3v) is 1.24. The molecule has 0 aliphatic rings. The molecule has 0 radical (unpaired) electrons. The summed E-state index contributed by atoms with van der Waals surface area (Å²) in [6, 6.07) is 0. The van der Waals surface area contributed by atoms with E-state index in [0.29, 0.717) is 6.61 Å². The molecule has 84 valence electrons. The first kappa shape index (κ1) is 15.4. The Morgan fingerprint density at radius 3 is 2.29 bits per heavy atom. The highest BCUT2D eigenvalue weighted by molar-refractivity contribution is 5.80. The van der Waals surface area contributed by atoms with Crippen molar-refractivity contribution < 1.29 is 14.3 Å². The van der Waals surface area contributed by atoms with Crippen LogP contribution in [0.25, 0.3) is 0 Å². The first-order valence-corrected chi connectivity index (χ1v) is 5.07. The molecule has 0 atom stereocenters. The van der Waals surface area contributed by atoms with E-state index in [1.807, 2.05) is 20.8 Å². The standard InChI is InChI=1S/C8H15NO3.C2H6/c1-3-4-5-12-8(11)6-9-7(2)10;1-2/h3-6H2,1-2H3,(H,9,10);1-2H3. The minimum atomic E-state index is -0.376. The van der Waals surface area contributed by atoms with Crippen LogP contribution < -0.4 is 5.32 Å². The second-order valence-electron chi connectivity index (χ2n) is 2.48. The van der Waals surface area contributed by atoms with Gasteiger partial charge in [0.2, 0.25) is 5.91 Å². The fraction of sp³-hybridized carbons (Fsp3) is 0.800. The van der Waals surface area contributed by atoms with E-state index in [1.54, 1.807) is 0 Å². The monoisotopic (exact) mass is 203 g/mol. The van der Waals surface area contributed by atoms with Gasteiger partial charge in [-0.05, 0) is 6.42 Å². The zero-order valence-electron chi connectivity index (χ0n) is 9.55. The largest absolute Gasteiger partial charge is 0.464 e. The van der Waals surface area contributed by atoms with Gasteiger partial charge in [0.1, 0.15) is 6.54 Å². The lowest BCUT2D eigenvalue weighted by Crippen LogP contribution is -2.28. The molecule has 0 fully saturated rings. The average molecular weight is 203 g/mol. The molecule has 0 bridgehead atoms. The van der Waals surface area contributed by atoms with Crippen LogP contribution in [0.5, 0.6) is 0 Å². The molecular formula is C10H21NO3. The van der Waals surface area contributed by atoms with Gasteiger partial charge in [0.05, 0.1) is 6.61 Å². The van der Waals surface area contributed by atoms with Crippen LogP contribution in [-0.4, -0.2) is 25.0 Å². The van der Waals surface area contributed by atoms with Gasteiger partial charge in [-0.1, -0.05) is 27.2 Å². The summed E-state index contributed by atoms with van der Waals surface area (Å²) in [5.74, 6) is -0.596. The van der Waals surface area contributed by atoms with Crippen molar-refractivity contribution in [1.82, 2.24) is 5.32 Å². The number of nitrogens with one attached hydrogen (secondary N) is 1. The Balaban J connectivity index is 0. The van der Waals surface area contributed by atoms with Crippen molar-refractivity contribution in [3.63, 3.8) is 0 Å². The lowest BCUT2D eigenvalue weighted by molar-refractivity contribution is -0.143. The summed E-state index contributed by atoms with van der Waals surface area (Å²) >= 11 is 0. The van der Waals surface area contributed by atoms with Crippen LogP contribution in [0.3, 0.4) is 0 Å². The molecule has 1 N–H and O–H groups in total. The topological polar surface area (TPSA) is 55.4 Å². The molecule has 0 aliphatic carbocycles. The second-order valence-corrected chi connectivity index (χ2v) is 2.48. The molecule has 0 saturated heterocycles. The van der Waals surface area contributed by atoms with E-state index in [2.05, 4.69) is 5.32 Å². The van der Waals surface area contributed by atoms with Crippen molar-refractivity contribution in [2.45, 2.75) is 40.5 Å². The molecular weight excluding hydrogens is 182 g/mol. The summed E-state index contributed by atoms with van der Waals surface area (Å²) in [5, 5.41) is 2.36. The Morgan fingerprint density at radius 2 is 1.86 bits per heavy atom. The molecule has 0 aromatic rings. The van der Waals surface area contributed by atoms with Crippen LogP contribution in [0, 0.1) is 0 Å². The highest BCUT2D eigenvalue weighted by Gasteiger charge is 2.01. The molecule has 4 heteroatoms. The number of esters is 1. The van der Waals surface area contributed by atoms with Crippen LogP contribution in [0.1, 0.15) is 40.5 Å². The van der Waals surface area contributed by atoms with Crippen LogP contribution >= 0.6 is 0 Å². The third-order valence-electron chi connectivity index (χ3n) is 1.24. The Kier molecular flexibility index (Phi) is 13.1. The molecule has 0 saturated carbocycles. The third kappa shape index (κ3) is 13.5. The quantitative estimate of drug-likeness (QED) is 0.544. The highest BCUT2D eigenvalue weighted by Crippen LogP contribution is 1.87. The number of carbonyl (C=O) groups is 2. The fourth-order valence-electron chi connectivity index (χ4n) is 0.578. The van der Waals surface area contributed by atoms with Crippen molar-refractivity contribution in [1.29, 1.82) is 0 Å². The Hall–Kier alpha value is -1.06.